The molecule has 170 valence electrons. The number of esters is 2. The largest absolute Gasteiger partial charge is 0.469 e. The zero-order valence-corrected chi connectivity index (χ0v) is 18.5. The molecule has 4 rings (SSSR count). The summed E-state index contributed by atoms with van der Waals surface area (Å²) in [4.78, 5) is 37.4. The lowest BCUT2D eigenvalue weighted by atomic mass is 9.39. The number of furan rings is 1. The van der Waals surface area contributed by atoms with E-state index in [0.29, 0.717) is 24.2 Å². The second-order valence-corrected chi connectivity index (χ2v) is 10.0. The van der Waals surface area contributed by atoms with Gasteiger partial charge in [-0.1, -0.05) is 20.8 Å². The fourth-order valence-electron chi connectivity index (χ4n) is 6.71. The molecule has 0 spiro atoms. The third-order valence-electron chi connectivity index (χ3n) is 8.17. The highest BCUT2D eigenvalue weighted by Crippen LogP contribution is 2.66. The topological polar surface area (TPSA) is 123 Å². The number of aliphatic hydroxyl groups is 2. The summed E-state index contributed by atoms with van der Waals surface area (Å²) in [6.45, 7) is 7.99. The van der Waals surface area contributed by atoms with E-state index >= 15 is 0 Å². The number of ether oxygens (including phenoxy) is 2. The molecule has 0 aliphatic heterocycles. The minimum Gasteiger partial charge on any atom is -0.469 e. The smallest absolute Gasteiger partial charge is 0.303 e. The van der Waals surface area contributed by atoms with Crippen molar-refractivity contribution in [3.05, 3.63) is 23.7 Å². The molecule has 1 aromatic heterocycles. The van der Waals surface area contributed by atoms with Crippen molar-refractivity contribution in [1.82, 2.24) is 0 Å². The van der Waals surface area contributed by atoms with Gasteiger partial charge in [0.15, 0.2) is 11.9 Å². The average Bonchev–Trinajstić information content (AvgIpc) is 3.14. The molecule has 1 aromatic rings. The lowest BCUT2D eigenvalue weighted by molar-refractivity contribution is -0.331. The van der Waals surface area contributed by atoms with Crippen molar-refractivity contribution in [2.45, 2.75) is 77.8 Å². The molecule has 0 aromatic carbocycles. The maximum atomic E-state index is 13.4. The number of hydrogen-bond donors (Lipinski definition) is 2. The summed E-state index contributed by atoms with van der Waals surface area (Å²) >= 11 is 0. The number of rotatable bonds is 2. The van der Waals surface area contributed by atoms with E-state index in [-0.39, 0.29) is 12.2 Å². The molecule has 8 heteroatoms. The molecule has 3 aliphatic carbocycles. The number of hydrogen-bond acceptors (Lipinski definition) is 8. The van der Waals surface area contributed by atoms with Crippen LogP contribution >= 0.6 is 0 Å². The Morgan fingerprint density at radius 1 is 1.16 bits per heavy atom. The van der Waals surface area contributed by atoms with Crippen molar-refractivity contribution in [1.29, 1.82) is 0 Å². The van der Waals surface area contributed by atoms with Crippen LogP contribution in [0.1, 0.15) is 63.6 Å². The highest BCUT2D eigenvalue weighted by atomic mass is 16.6. The third-order valence-corrected chi connectivity index (χ3v) is 8.17. The van der Waals surface area contributed by atoms with E-state index in [0.717, 1.165) is 0 Å². The molecule has 7 atom stereocenters. The number of Topliss-reactive ketones (excluding diaryl/α,β-unsaturated/α-hetero) is 1. The molecule has 0 unspecified atom stereocenters. The van der Waals surface area contributed by atoms with E-state index in [4.69, 9.17) is 13.9 Å². The quantitative estimate of drug-likeness (QED) is 0.678. The molecule has 0 saturated heterocycles. The fraction of sp³-hybridized carbons (Fsp3) is 0.696. The van der Waals surface area contributed by atoms with Crippen LogP contribution in [0.15, 0.2) is 16.7 Å². The van der Waals surface area contributed by atoms with E-state index in [1.165, 1.54) is 20.1 Å². The minimum atomic E-state index is -1.77. The van der Waals surface area contributed by atoms with Crippen molar-refractivity contribution < 1.29 is 38.5 Å². The lowest BCUT2D eigenvalue weighted by Gasteiger charge is -2.68. The van der Waals surface area contributed by atoms with E-state index in [9.17, 15) is 24.6 Å². The van der Waals surface area contributed by atoms with Gasteiger partial charge in [-0.05, 0) is 30.2 Å². The Hall–Kier alpha value is -2.19. The van der Waals surface area contributed by atoms with E-state index < -0.39 is 58.5 Å². The normalized spacial score (nSPS) is 40.9. The number of carbonyl (C=O) groups is 3. The molecule has 2 N–H and O–H groups in total. The summed E-state index contributed by atoms with van der Waals surface area (Å²) in [6, 6.07) is 1.57. The summed E-state index contributed by atoms with van der Waals surface area (Å²) in [5.41, 5.74) is -3.38. The van der Waals surface area contributed by atoms with Gasteiger partial charge in [0.25, 0.3) is 0 Å². The maximum Gasteiger partial charge on any atom is 0.303 e. The van der Waals surface area contributed by atoms with Gasteiger partial charge in [0, 0.05) is 25.7 Å². The van der Waals surface area contributed by atoms with Crippen LogP contribution < -0.4 is 0 Å². The van der Waals surface area contributed by atoms with Gasteiger partial charge in [0.2, 0.25) is 0 Å². The van der Waals surface area contributed by atoms with Gasteiger partial charge in [-0.3, -0.25) is 14.4 Å². The summed E-state index contributed by atoms with van der Waals surface area (Å²) in [5.74, 6) is -2.53. The average molecular weight is 434 g/mol. The zero-order chi connectivity index (χ0) is 22.9. The zero-order valence-electron chi connectivity index (χ0n) is 18.5. The molecular weight excluding hydrogens is 404 g/mol. The third kappa shape index (κ3) is 2.77. The van der Waals surface area contributed by atoms with E-state index in [2.05, 4.69) is 0 Å². The molecule has 31 heavy (non-hydrogen) atoms. The van der Waals surface area contributed by atoms with Crippen LogP contribution in [0, 0.1) is 22.7 Å². The van der Waals surface area contributed by atoms with Crippen LogP contribution in [-0.2, 0) is 25.5 Å². The van der Waals surface area contributed by atoms with Gasteiger partial charge in [0.05, 0.1) is 17.7 Å². The Kier molecular flexibility index (Phi) is 4.90. The molecule has 2 saturated carbocycles. The first kappa shape index (κ1) is 22.0. The molecule has 0 radical (unpaired) electrons. The van der Waals surface area contributed by atoms with Gasteiger partial charge < -0.3 is 24.1 Å². The molecule has 3 aliphatic rings. The Bertz CT molecular complexity index is 932. The van der Waals surface area contributed by atoms with Gasteiger partial charge in [0.1, 0.15) is 23.6 Å². The van der Waals surface area contributed by atoms with Crippen molar-refractivity contribution in [2.24, 2.45) is 22.7 Å². The van der Waals surface area contributed by atoms with Crippen molar-refractivity contribution in [3.8, 4) is 0 Å². The van der Waals surface area contributed by atoms with Crippen LogP contribution in [0.25, 0.3) is 0 Å². The van der Waals surface area contributed by atoms with Crippen LogP contribution in [0.3, 0.4) is 0 Å². The second kappa shape index (κ2) is 6.90. The molecule has 1 heterocycles. The second-order valence-electron chi connectivity index (χ2n) is 10.0. The van der Waals surface area contributed by atoms with E-state index in [1.807, 2.05) is 13.8 Å². The predicted octanol–water partition coefficient (Wildman–Crippen LogP) is 2.05. The Labute approximate surface area is 180 Å². The first-order valence-electron chi connectivity index (χ1n) is 10.7. The highest BCUT2D eigenvalue weighted by molar-refractivity contribution is 6.00. The maximum absolute atomic E-state index is 13.4. The lowest BCUT2D eigenvalue weighted by Crippen LogP contribution is -2.80. The first-order valence-corrected chi connectivity index (χ1v) is 10.7. The van der Waals surface area contributed by atoms with Crippen LogP contribution in [0.5, 0.6) is 0 Å². The monoisotopic (exact) mass is 434 g/mol. The number of carbonyl (C=O) groups excluding carboxylic acids is 3. The summed E-state index contributed by atoms with van der Waals surface area (Å²) in [6.07, 6.45) is -0.853. The van der Waals surface area contributed by atoms with E-state index in [1.54, 1.807) is 13.0 Å². The summed E-state index contributed by atoms with van der Waals surface area (Å²) in [7, 11) is 0. The van der Waals surface area contributed by atoms with Gasteiger partial charge in [-0.2, -0.15) is 0 Å². The summed E-state index contributed by atoms with van der Waals surface area (Å²) in [5, 5.41) is 23.8. The van der Waals surface area contributed by atoms with Gasteiger partial charge in [-0.25, -0.2) is 0 Å². The number of fused-ring (bicyclic) bond motifs is 4. The van der Waals surface area contributed by atoms with Crippen molar-refractivity contribution in [3.63, 3.8) is 0 Å². The summed E-state index contributed by atoms with van der Waals surface area (Å²) < 4.78 is 16.8. The number of aliphatic hydroxyl groups excluding tert-OH is 1. The van der Waals surface area contributed by atoms with Crippen LogP contribution in [0.2, 0.25) is 0 Å². The van der Waals surface area contributed by atoms with Crippen molar-refractivity contribution >= 4 is 17.7 Å². The molecular formula is C23H30O8. The minimum absolute atomic E-state index is 0.287. The van der Waals surface area contributed by atoms with Crippen LogP contribution in [0.4, 0.5) is 0 Å². The predicted molar refractivity (Wildman–Crippen MR) is 107 cm³/mol. The Balaban J connectivity index is 1.97. The molecule has 2 fully saturated rings. The highest BCUT2D eigenvalue weighted by Gasteiger charge is 2.76. The van der Waals surface area contributed by atoms with Crippen molar-refractivity contribution in [2.75, 3.05) is 0 Å². The molecule has 0 amide bonds. The Morgan fingerprint density at radius 3 is 2.42 bits per heavy atom. The number of ketones is 1. The molecule has 0 bridgehead atoms. The Morgan fingerprint density at radius 2 is 1.81 bits per heavy atom. The molecule has 8 nitrogen and oxygen atoms in total. The SMILES string of the molecule is CC(=O)O[C@H]1CCC(C)(C)[C@]2(O)[C@@H](OC(C)=O)[C@H](O)[C@H]3C(=O)c4ccoc4C[C@@H]3[C@@]12C. The standard InChI is InChI=1S/C23H30O8/c1-11(24)30-16-6-8-21(3,4)23(28)20(31-12(2)25)19(27)17-14(22(16,23)5)10-15-13(18(17)26)7-9-29-15/h7,9,14,16-17,19-20,27-28H,6,8,10H2,1-5H3/t14-,16-,17+,19+,20-,22-,23+/m0/s1. The van der Waals surface area contributed by atoms with Gasteiger partial charge >= 0.3 is 11.9 Å². The first-order chi connectivity index (χ1) is 14.4. The van der Waals surface area contributed by atoms with Gasteiger partial charge in [-0.15, -0.1) is 0 Å². The fourth-order valence-corrected chi connectivity index (χ4v) is 6.71. The van der Waals surface area contributed by atoms with Crippen LogP contribution in [-0.4, -0.2) is 51.8 Å².